The lowest BCUT2D eigenvalue weighted by atomic mass is 10.0. The summed E-state index contributed by atoms with van der Waals surface area (Å²) in [6, 6.07) is 6.23. The molecule has 0 bridgehead atoms. The van der Waals surface area contributed by atoms with Crippen molar-refractivity contribution in [1.29, 1.82) is 0 Å². The molecule has 0 amide bonds. The van der Waals surface area contributed by atoms with Crippen LogP contribution in [0.2, 0.25) is 5.02 Å². The zero-order chi connectivity index (χ0) is 13.1. The number of benzene rings is 1. The number of rotatable bonds is 1. The molecule has 2 rings (SSSR count). The minimum Gasteiger partial charge on any atom is -0.375 e. The summed E-state index contributed by atoms with van der Waals surface area (Å²) in [6.07, 6.45) is 6.11. The molecule has 1 fully saturated rings. The van der Waals surface area contributed by atoms with E-state index in [1.807, 2.05) is 6.07 Å². The Balaban J connectivity index is 2.21. The lowest BCUT2D eigenvalue weighted by Gasteiger charge is -2.13. The van der Waals surface area contributed by atoms with Crippen LogP contribution in [-0.4, -0.2) is 12.2 Å². The van der Waals surface area contributed by atoms with Gasteiger partial charge in [0.1, 0.15) is 0 Å². The Kier molecular flexibility index (Phi) is 4.47. The van der Waals surface area contributed by atoms with Crippen LogP contribution in [0.5, 0.6) is 0 Å². The molecule has 1 saturated heterocycles. The molecule has 98 valence electrons. The molecular weight excluding hydrogens is 244 g/mol. The van der Waals surface area contributed by atoms with Gasteiger partial charge in [0.2, 0.25) is 0 Å². The molecule has 1 aromatic carbocycles. The highest BCUT2D eigenvalue weighted by Crippen LogP contribution is 2.27. The van der Waals surface area contributed by atoms with Crippen LogP contribution in [0, 0.1) is 6.92 Å². The summed E-state index contributed by atoms with van der Waals surface area (Å²) in [6.45, 7) is 6.36. The van der Waals surface area contributed by atoms with Gasteiger partial charge in [0, 0.05) is 5.02 Å². The lowest BCUT2D eigenvalue weighted by molar-refractivity contribution is 0.0146. The number of aryl methyl sites for hydroxylation is 1. The maximum absolute atomic E-state index is 6.28. The molecule has 0 aliphatic carbocycles. The summed E-state index contributed by atoms with van der Waals surface area (Å²) < 4.78 is 5.85. The molecule has 0 aromatic heterocycles. The molecule has 1 aromatic rings. The Morgan fingerprint density at radius 2 is 2.06 bits per heavy atom. The molecule has 1 aliphatic rings. The largest absolute Gasteiger partial charge is 0.375 e. The van der Waals surface area contributed by atoms with Gasteiger partial charge < -0.3 is 4.74 Å². The predicted molar refractivity (Wildman–Crippen MR) is 78.0 cm³/mol. The summed E-state index contributed by atoms with van der Waals surface area (Å²) in [5.41, 5.74) is 3.77. The van der Waals surface area contributed by atoms with Gasteiger partial charge in [-0.2, -0.15) is 0 Å². The SMILES string of the molecule is Cc1ccc(/C=C2/CCC(C)OC(C)C2)c(Cl)c1. The van der Waals surface area contributed by atoms with Crippen molar-refractivity contribution in [2.75, 3.05) is 0 Å². The van der Waals surface area contributed by atoms with Gasteiger partial charge in [0.15, 0.2) is 0 Å². The molecule has 2 heteroatoms. The quantitative estimate of drug-likeness (QED) is 0.693. The third-order valence-electron chi connectivity index (χ3n) is 3.40. The van der Waals surface area contributed by atoms with Crippen LogP contribution in [0.1, 0.15) is 44.2 Å². The highest BCUT2D eigenvalue weighted by Gasteiger charge is 2.16. The first kappa shape index (κ1) is 13.6. The Hall–Kier alpha value is -0.790. The van der Waals surface area contributed by atoms with Crippen molar-refractivity contribution in [3.05, 3.63) is 39.9 Å². The van der Waals surface area contributed by atoms with E-state index in [9.17, 15) is 0 Å². The summed E-state index contributed by atoms with van der Waals surface area (Å²) >= 11 is 6.28. The van der Waals surface area contributed by atoms with E-state index >= 15 is 0 Å². The maximum atomic E-state index is 6.28. The zero-order valence-electron chi connectivity index (χ0n) is 11.4. The van der Waals surface area contributed by atoms with Crippen molar-refractivity contribution in [2.45, 2.75) is 52.2 Å². The molecule has 2 unspecified atom stereocenters. The van der Waals surface area contributed by atoms with Crippen molar-refractivity contribution in [2.24, 2.45) is 0 Å². The first-order chi connectivity index (χ1) is 8.54. The second kappa shape index (κ2) is 5.90. The van der Waals surface area contributed by atoms with Crippen LogP contribution in [0.4, 0.5) is 0 Å². The van der Waals surface area contributed by atoms with E-state index in [0.29, 0.717) is 12.2 Å². The second-order valence-corrected chi connectivity index (χ2v) is 5.73. The molecule has 0 spiro atoms. The van der Waals surface area contributed by atoms with Gasteiger partial charge in [-0.05, 0) is 57.2 Å². The number of halogens is 1. The van der Waals surface area contributed by atoms with Crippen molar-refractivity contribution in [1.82, 2.24) is 0 Å². The van der Waals surface area contributed by atoms with Gasteiger partial charge in [-0.15, -0.1) is 0 Å². The molecule has 18 heavy (non-hydrogen) atoms. The minimum atomic E-state index is 0.304. The van der Waals surface area contributed by atoms with Crippen molar-refractivity contribution in [3.63, 3.8) is 0 Å². The average molecular weight is 265 g/mol. The molecule has 1 heterocycles. The van der Waals surface area contributed by atoms with Gasteiger partial charge >= 0.3 is 0 Å². The maximum Gasteiger partial charge on any atom is 0.0587 e. The molecule has 1 nitrogen and oxygen atoms in total. The van der Waals surface area contributed by atoms with Crippen LogP contribution < -0.4 is 0 Å². The molecule has 0 N–H and O–H groups in total. The third-order valence-corrected chi connectivity index (χ3v) is 3.73. The van der Waals surface area contributed by atoms with Gasteiger partial charge in [-0.25, -0.2) is 0 Å². The van der Waals surface area contributed by atoms with Crippen molar-refractivity contribution in [3.8, 4) is 0 Å². The molecule has 0 radical (unpaired) electrons. The fourth-order valence-corrected chi connectivity index (χ4v) is 2.76. The van der Waals surface area contributed by atoms with Crippen LogP contribution in [0.15, 0.2) is 23.8 Å². The smallest absolute Gasteiger partial charge is 0.0587 e. The summed E-state index contributed by atoms with van der Waals surface area (Å²) in [5.74, 6) is 0. The van der Waals surface area contributed by atoms with Gasteiger partial charge in [0.05, 0.1) is 12.2 Å². The topological polar surface area (TPSA) is 9.23 Å². The summed E-state index contributed by atoms with van der Waals surface area (Å²) in [5, 5.41) is 0.841. The standard InChI is InChI=1S/C16H21ClO/c1-11-4-7-15(16(17)8-11)10-14-6-5-12(2)18-13(3)9-14/h4,7-8,10,12-13H,5-6,9H2,1-3H3/b14-10-. The van der Waals surface area contributed by atoms with E-state index in [2.05, 4.69) is 39.0 Å². The minimum absolute atomic E-state index is 0.304. The van der Waals surface area contributed by atoms with E-state index in [1.165, 1.54) is 11.1 Å². The summed E-state index contributed by atoms with van der Waals surface area (Å²) in [4.78, 5) is 0. The normalized spacial score (nSPS) is 27.2. The summed E-state index contributed by atoms with van der Waals surface area (Å²) in [7, 11) is 0. The first-order valence-electron chi connectivity index (χ1n) is 6.65. The number of ether oxygens (including phenoxy) is 1. The molecular formula is C16H21ClO. The fraction of sp³-hybridized carbons (Fsp3) is 0.500. The molecule has 2 atom stereocenters. The Morgan fingerprint density at radius 3 is 2.78 bits per heavy atom. The number of hydrogen-bond donors (Lipinski definition) is 0. The van der Waals surface area contributed by atoms with E-state index in [0.717, 1.165) is 29.8 Å². The van der Waals surface area contributed by atoms with Crippen LogP contribution in [0.25, 0.3) is 6.08 Å². The van der Waals surface area contributed by atoms with Gasteiger partial charge in [-0.3, -0.25) is 0 Å². The fourth-order valence-electron chi connectivity index (χ4n) is 2.47. The number of hydrogen-bond acceptors (Lipinski definition) is 1. The van der Waals surface area contributed by atoms with E-state index in [-0.39, 0.29) is 0 Å². The van der Waals surface area contributed by atoms with Crippen LogP contribution in [-0.2, 0) is 4.74 Å². The highest BCUT2D eigenvalue weighted by atomic mass is 35.5. The van der Waals surface area contributed by atoms with E-state index < -0.39 is 0 Å². The second-order valence-electron chi connectivity index (χ2n) is 5.33. The predicted octanol–water partition coefficient (Wildman–Crippen LogP) is 5.01. The zero-order valence-corrected chi connectivity index (χ0v) is 12.1. The highest BCUT2D eigenvalue weighted by molar-refractivity contribution is 6.32. The third kappa shape index (κ3) is 3.60. The van der Waals surface area contributed by atoms with Crippen LogP contribution in [0.3, 0.4) is 0 Å². The first-order valence-corrected chi connectivity index (χ1v) is 7.03. The van der Waals surface area contributed by atoms with Gasteiger partial charge in [0.25, 0.3) is 0 Å². The monoisotopic (exact) mass is 264 g/mol. The van der Waals surface area contributed by atoms with Crippen LogP contribution >= 0.6 is 11.6 Å². The lowest BCUT2D eigenvalue weighted by Crippen LogP contribution is -2.13. The average Bonchev–Trinajstić information content (AvgIpc) is 2.44. The molecule has 1 aliphatic heterocycles. The van der Waals surface area contributed by atoms with E-state index in [1.54, 1.807) is 0 Å². The van der Waals surface area contributed by atoms with Crippen molar-refractivity contribution < 1.29 is 4.74 Å². The Morgan fingerprint density at radius 1 is 1.28 bits per heavy atom. The van der Waals surface area contributed by atoms with Crippen molar-refractivity contribution >= 4 is 17.7 Å². The Bertz CT molecular complexity index is 450. The Labute approximate surface area is 115 Å². The van der Waals surface area contributed by atoms with E-state index in [4.69, 9.17) is 16.3 Å². The molecule has 0 saturated carbocycles. The van der Waals surface area contributed by atoms with Gasteiger partial charge in [-0.1, -0.05) is 35.4 Å².